The van der Waals surface area contributed by atoms with E-state index in [-0.39, 0.29) is 11.8 Å². The van der Waals surface area contributed by atoms with E-state index in [4.69, 9.17) is 0 Å². The third-order valence-electron chi connectivity index (χ3n) is 5.99. The number of hydrogen-bond donors (Lipinski definition) is 1. The molecule has 2 aliphatic heterocycles. The predicted octanol–water partition coefficient (Wildman–Crippen LogP) is 1.97. The van der Waals surface area contributed by atoms with Crippen LogP contribution in [0.5, 0.6) is 0 Å². The fourth-order valence-electron chi connectivity index (χ4n) is 4.36. The van der Waals surface area contributed by atoms with Gasteiger partial charge in [0.05, 0.1) is 24.5 Å². The number of carbonyl (C=O) groups is 2. The number of nitrogens with zero attached hydrogens (tertiary/aromatic N) is 5. The van der Waals surface area contributed by atoms with Crippen LogP contribution in [-0.4, -0.2) is 61.2 Å². The maximum absolute atomic E-state index is 13.2. The Hall–Kier alpha value is -3.16. The molecule has 0 spiro atoms. The van der Waals surface area contributed by atoms with Gasteiger partial charge in [0, 0.05) is 55.1 Å². The largest absolute Gasteiger partial charge is 0.361 e. The number of benzene rings is 1. The summed E-state index contributed by atoms with van der Waals surface area (Å²) in [6.07, 6.45) is 5.06. The van der Waals surface area contributed by atoms with E-state index >= 15 is 0 Å². The van der Waals surface area contributed by atoms with E-state index in [2.05, 4.69) is 15.3 Å². The minimum atomic E-state index is 0.0155. The maximum Gasteiger partial charge on any atom is 0.254 e. The highest BCUT2D eigenvalue weighted by Crippen LogP contribution is 2.23. The van der Waals surface area contributed by atoms with Gasteiger partial charge in [0.1, 0.15) is 0 Å². The summed E-state index contributed by atoms with van der Waals surface area (Å²) < 4.78 is 1.87. The summed E-state index contributed by atoms with van der Waals surface area (Å²) in [5.74, 6) is 0.203. The Kier molecular flexibility index (Phi) is 4.54. The third-order valence-corrected chi connectivity index (χ3v) is 5.99. The van der Waals surface area contributed by atoms with E-state index in [0.717, 1.165) is 48.2 Å². The van der Waals surface area contributed by atoms with Crippen molar-refractivity contribution in [2.75, 3.05) is 19.6 Å². The third kappa shape index (κ3) is 3.28. The Morgan fingerprint density at radius 1 is 1.03 bits per heavy atom. The van der Waals surface area contributed by atoms with E-state index in [1.165, 1.54) is 0 Å². The molecule has 0 saturated carbocycles. The standard InChI is InChI=1S/C21H24N6O2/c28-20(25-10-1-2-11-25)7-6-18-19-14-26(12-13-27(19)24-23-18)21(29)16-4-3-5-17-15(16)8-9-22-17/h3-5,8-9,22H,1-2,6-7,10-14H2. The Labute approximate surface area is 168 Å². The zero-order chi connectivity index (χ0) is 19.8. The Balaban J connectivity index is 1.31. The van der Waals surface area contributed by atoms with Crippen LogP contribution in [-0.2, 0) is 24.3 Å². The fraction of sp³-hybridized carbons (Fsp3) is 0.429. The quantitative estimate of drug-likeness (QED) is 0.735. The molecule has 0 radical (unpaired) electrons. The van der Waals surface area contributed by atoms with Crippen molar-refractivity contribution in [3.05, 3.63) is 47.4 Å². The van der Waals surface area contributed by atoms with E-state index < -0.39 is 0 Å². The Bertz CT molecular complexity index is 1060. The average Bonchev–Trinajstić information content (AvgIpc) is 3.51. The van der Waals surface area contributed by atoms with E-state index in [1.54, 1.807) is 0 Å². The van der Waals surface area contributed by atoms with Crippen LogP contribution in [0.25, 0.3) is 10.9 Å². The normalized spacial score (nSPS) is 16.4. The molecule has 150 valence electrons. The minimum absolute atomic E-state index is 0.0155. The number of carbonyl (C=O) groups excluding carboxylic acids is 2. The number of aromatic nitrogens is 4. The van der Waals surface area contributed by atoms with Gasteiger partial charge in [0.25, 0.3) is 5.91 Å². The smallest absolute Gasteiger partial charge is 0.254 e. The highest BCUT2D eigenvalue weighted by molar-refractivity contribution is 6.06. The molecule has 1 saturated heterocycles. The number of hydrogen-bond acceptors (Lipinski definition) is 4. The lowest BCUT2D eigenvalue weighted by Gasteiger charge is -2.28. The van der Waals surface area contributed by atoms with E-state index in [0.29, 0.717) is 38.0 Å². The molecule has 0 bridgehead atoms. The van der Waals surface area contributed by atoms with Crippen LogP contribution >= 0.6 is 0 Å². The number of amides is 2. The summed E-state index contributed by atoms with van der Waals surface area (Å²) in [6, 6.07) is 7.68. The first-order valence-electron chi connectivity index (χ1n) is 10.2. The monoisotopic (exact) mass is 392 g/mol. The molecule has 0 atom stereocenters. The van der Waals surface area contributed by atoms with Crippen molar-refractivity contribution in [2.45, 2.75) is 38.8 Å². The first-order chi connectivity index (χ1) is 14.2. The zero-order valence-corrected chi connectivity index (χ0v) is 16.3. The van der Waals surface area contributed by atoms with Gasteiger partial charge in [-0.1, -0.05) is 11.3 Å². The number of rotatable bonds is 4. The summed E-state index contributed by atoms with van der Waals surface area (Å²) in [5, 5.41) is 9.48. The first kappa shape index (κ1) is 17.9. The number of likely N-dealkylation sites (tertiary alicyclic amines) is 1. The lowest BCUT2D eigenvalue weighted by molar-refractivity contribution is -0.130. The second-order valence-corrected chi connectivity index (χ2v) is 7.77. The second-order valence-electron chi connectivity index (χ2n) is 7.77. The lowest BCUT2D eigenvalue weighted by Crippen LogP contribution is -2.39. The molecule has 2 aliphatic rings. The molecule has 4 heterocycles. The van der Waals surface area contributed by atoms with Crippen LogP contribution in [0.3, 0.4) is 0 Å². The van der Waals surface area contributed by atoms with Gasteiger partial charge < -0.3 is 14.8 Å². The molecule has 1 N–H and O–H groups in total. The minimum Gasteiger partial charge on any atom is -0.361 e. The highest BCUT2D eigenvalue weighted by Gasteiger charge is 2.27. The van der Waals surface area contributed by atoms with Crippen molar-refractivity contribution in [1.82, 2.24) is 29.8 Å². The van der Waals surface area contributed by atoms with Crippen LogP contribution in [0.4, 0.5) is 0 Å². The second kappa shape index (κ2) is 7.35. The molecule has 3 aromatic rings. The van der Waals surface area contributed by atoms with Gasteiger partial charge in [-0.3, -0.25) is 9.59 Å². The van der Waals surface area contributed by atoms with Gasteiger partial charge in [0.2, 0.25) is 5.91 Å². The molecule has 5 rings (SSSR count). The van der Waals surface area contributed by atoms with Gasteiger partial charge in [-0.2, -0.15) is 0 Å². The number of nitrogens with one attached hydrogen (secondary N) is 1. The molecule has 8 heteroatoms. The van der Waals surface area contributed by atoms with Crippen molar-refractivity contribution in [3.63, 3.8) is 0 Å². The van der Waals surface area contributed by atoms with Gasteiger partial charge in [0.15, 0.2) is 0 Å². The molecule has 0 aliphatic carbocycles. The van der Waals surface area contributed by atoms with Gasteiger partial charge in [-0.05, 0) is 31.0 Å². The van der Waals surface area contributed by atoms with Crippen LogP contribution in [0.2, 0.25) is 0 Å². The number of aromatic amines is 1. The molecular formula is C21H24N6O2. The van der Waals surface area contributed by atoms with Crippen LogP contribution in [0.1, 0.15) is 41.0 Å². The van der Waals surface area contributed by atoms with Crippen molar-refractivity contribution < 1.29 is 9.59 Å². The molecule has 29 heavy (non-hydrogen) atoms. The summed E-state index contributed by atoms with van der Waals surface area (Å²) in [5.41, 5.74) is 3.44. The van der Waals surface area contributed by atoms with Gasteiger partial charge in [-0.15, -0.1) is 5.10 Å². The Morgan fingerprint density at radius 2 is 1.90 bits per heavy atom. The summed E-state index contributed by atoms with van der Waals surface area (Å²) in [7, 11) is 0. The highest BCUT2D eigenvalue weighted by atomic mass is 16.2. The maximum atomic E-state index is 13.2. The van der Waals surface area contributed by atoms with Crippen LogP contribution in [0, 0.1) is 0 Å². The molecule has 1 aromatic carbocycles. The van der Waals surface area contributed by atoms with E-state index in [9.17, 15) is 9.59 Å². The molecular weight excluding hydrogens is 368 g/mol. The fourth-order valence-corrected chi connectivity index (χ4v) is 4.36. The lowest BCUT2D eigenvalue weighted by atomic mass is 10.1. The van der Waals surface area contributed by atoms with Crippen molar-refractivity contribution in [1.29, 1.82) is 0 Å². The first-order valence-corrected chi connectivity index (χ1v) is 10.2. The topological polar surface area (TPSA) is 87.1 Å². The van der Waals surface area contributed by atoms with Gasteiger partial charge >= 0.3 is 0 Å². The number of fused-ring (bicyclic) bond motifs is 2. The molecule has 2 amide bonds. The molecule has 1 fully saturated rings. The van der Waals surface area contributed by atoms with Crippen molar-refractivity contribution in [2.24, 2.45) is 0 Å². The molecule has 8 nitrogen and oxygen atoms in total. The predicted molar refractivity (Wildman–Crippen MR) is 107 cm³/mol. The van der Waals surface area contributed by atoms with E-state index in [1.807, 2.05) is 44.9 Å². The summed E-state index contributed by atoms with van der Waals surface area (Å²) in [4.78, 5) is 32.5. The molecule has 2 aromatic heterocycles. The average molecular weight is 392 g/mol. The van der Waals surface area contributed by atoms with Gasteiger partial charge in [-0.25, -0.2) is 4.68 Å². The SMILES string of the molecule is O=C(CCc1nnn2c1CN(C(=O)c1cccc3[nH]ccc13)CC2)N1CCCC1. The van der Waals surface area contributed by atoms with Crippen molar-refractivity contribution in [3.8, 4) is 0 Å². The van der Waals surface area contributed by atoms with Crippen molar-refractivity contribution >= 4 is 22.7 Å². The zero-order valence-electron chi connectivity index (χ0n) is 16.3. The summed E-state index contributed by atoms with van der Waals surface area (Å²) >= 11 is 0. The van der Waals surface area contributed by atoms with Crippen LogP contribution < -0.4 is 0 Å². The van der Waals surface area contributed by atoms with Crippen LogP contribution in [0.15, 0.2) is 30.5 Å². The number of H-pyrrole nitrogens is 1. The molecule has 0 unspecified atom stereocenters. The number of aryl methyl sites for hydroxylation is 1. The summed E-state index contributed by atoms with van der Waals surface area (Å²) in [6.45, 7) is 3.43. The Morgan fingerprint density at radius 3 is 2.76 bits per heavy atom.